The van der Waals surface area contributed by atoms with E-state index in [-0.39, 0.29) is 23.6 Å². The highest BCUT2D eigenvalue weighted by atomic mass is 16.5. The number of Topliss-reactive ketones (excluding diaryl/α,β-unsaturated/α-hetero) is 1. The van der Waals surface area contributed by atoms with Gasteiger partial charge < -0.3 is 4.74 Å². The molecule has 0 N–H and O–H groups in total. The van der Waals surface area contributed by atoms with Crippen LogP contribution in [0.3, 0.4) is 0 Å². The first-order chi connectivity index (χ1) is 11.2. The van der Waals surface area contributed by atoms with Gasteiger partial charge in [-0.1, -0.05) is 31.5 Å². The van der Waals surface area contributed by atoms with Crippen molar-refractivity contribution >= 4 is 11.8 Å². The number of aryl methyl sites for hydroxylation is 3. The minimum absolute atomic E-state index is 0.180. The number of ether oxygens (including phenoxy) is 1. The molecule has 1 aliphatic carbocycles. The Labute approximate surface area is 145 Å². The summed E-state index contributed by atoms with van der Waals surface area (Å²) in [6.45, 7) is 10.5. The summed E-state index contributed by atoms with van der Waals surface area (Å²) in [5, 5.41) is 0. The molecule has 0 amide bonds. The van der Waals surface area contributed by atoms with Gasteiger partial charge in [-0.15, -0.1) is 0 Å². The van der Waals surface area contributed by atoms with Crippen molar-refractivity contribution in [3.63, 3.8) is 0 Å². The Bertz CT molecular complexity index is 609. The van der Waals surface area contributed by atoms with Gasteiger partial charge in [-0.25, -0.2) is 0 Å². The van der Waals surface area contributed by atoms with Crippen molar-refractivity contribution in [3.05, 3.63) is 34.4 Å². The maximum absolute atomic E-state index is 13.0. The Morgan fingerprint density at radius 3 is 2.00 bits per heavy atom. The number of hydrogen-bond acceptors (Lipinski definition) is 3. The zero-order valence-electron chi connectivity index (χ0n) is 15.8. The molecule has 24 heavy (non-hydrogen) atoms. The van der Waals surface area contributed by atoms with Crippen LogP contribution in [-0.4, -0.2) is 18.9 Å². The fourth-order valence-electron chi connectivity index (χ4n) is 4.16. The highest BCUT2D eigenvalue weighted by Gasteiger charge is 2.41. The van der Waals surface area contributed by atoms with Gasteiger partial charge in [-0.05, 0) is 62.1 Å². The summed E-state index contributed by atoms with van der Waals surface area (Å²) < 4.78 is 4.98. The molecule has 0 aromatic heterocycles. The molecule has 1 aromatic carbocycles. The van der Waals surface area contributed by atoms with Crippen molar-refractivity contribution < 1.29 is 14.3 Å². The van der Waals surface area contributed by atoms with Crippen molar-refractivity contribution in [1.82, 2.24) is 0 Å². The summed E-state index contributed by atoms with van der Waals surface area (Å²) in [5.74, 6) is 0.341. The molecule has 0 bridgehead atoms. The summed E-state index contributed by atoms with van der Waals surface area (Å²) in [6.07, 6.45) is 1.94. The molecule has 0 spiro atoms. The molecule has 3 nitrogen and oxygen atoms in total. The molecule has 1 fully saturated rings. The van der Waals surface area contributed by atoms with Crippen LogP contribution in [0.4, 0.5) is 0 Å². The number of benzene rings is 1. The van der Waals surface area contributed by atoms with E-state index in [0.717, 1.165) is 29.5 Å². The molecule has 1 saturated carbocycles. The first kappa shape index (κ1) is 18.7. The van der Waals surface area contributed by atoms with Crippen LogP contribution in [0.25, 0.3) is 0 Å². The molecule has 132 valence electrons. The molecule has 0 aliphatic heterocycles. The van der Waals surface area contributed by atoms with Gasteiger partial charge in [0.15, 0.2) is 0 Å². The van der Waals surface area contributed by atoms with Gasteiger partial charge in [0, 0.05) is 12.3 Å². The van der Waals surface area contributed by atoms with Crippen LogP contribution in [0, 0.1) is 44.4 Å². The Morgan fingerprint density at radius 1 is 1.00 bits per heavy atom. The zero-order valence-corrected chi connectivity index (χ0v) is 15.8. The quantitative estimate of drug-likeness (QED) is 0.777. The van der Waals surface area contributed by atoms with Crippen molar-refractivity contribution in [1.29, 1.82) is 0 Å². The normalized spacial score (nSPS) is 26.9. The number of esters is 1. The van der Waals surface area contributed by atoms with Gasteiger partial charge in [-0.3, -0.25) is 9.59 Å². The number of carbonyl (C=O) groups excluding carboxylic acids is 2. The fourth-order valence-corrected chi connectivity index (χ4v) is 4.16. The van der Waals surface area contributed by atoms with Gasteiger partial charge in [-0.2, -0.15) is 0 Å². The van der Waals surface area contributed by atoms with Crippen LogP contribution in [0.5, 0.6) is 0 Å². The van der Waals surface area contributed by atoms with Crippen LogP contribution in [-0.2, 0) is 20.7 Å². The molecule has 4 unspecified atom stereocenters. The number of ketones is 1. The standard InChI is InChI=1S/C21H30O3/c1-12-7-15(4)17(16(5)8-12)11-20(22)18-9-13(2)14(3)10-19(18)21(23)24-6/h7-8,13-14,18-19H,9-11H2,1-6H3. The van der Waals surface area contributed by atoms with Gasteiger partial charge in [0.1, 0.15) is 5.78 Å². The maximum Gasteiger partial charge on any atom is 0.309 e. The summed E-state index contributed by atoms with van der Waals surface area (Å²) in [4.78, 5) is 25.2. The second-order valence-corrected chi connectivity index (χ2v) is 7.68. The number of methoxy groups -OCH3 is 1. The molecule has 4 atom stereocenters. The third kappa shape index (κ3) is 3.88. The first-order valence-corrected chi connectivity index (χ1v) is 8.91. The maximum atomic E-state index is 13.0. The SMILES string of the molecule is COC(=O)C1CC(C)C(C)CC1C(=O)Cc1c(C)cc(C)cc1C. The molecule has 1 aliphatic rings. The average Bonchev–Trinajstić information content (AvgIpc) is 2.52. The highest BCUT2D eigenvalue weighted by Crippen LogP contribution is 2.39. The molecular weight excluding hydrogens is 300 g/mol. The molecule has 0 radical (unpaired) electrons. The Morgan fingerprint density at radius 2 is 1.50 bits per heavy atom. The van der Waals surface area contributed by atoms with Gasteiger partial charge in [0.2, 0.25) is 0 Å². The largest absolute Gasteiger partial charge is 0.469 e. The molecule has 2 rings (SSSR count). The number of rotatable bonds is 4. The Hall–Kier alpha value is -1.64. The lowest BCUT2D eigenvalue weighted by Gasteiger charge is -2.36. The summed E-state index contributed by atoms with van der Waals surface area (Å²) >= 11 is 0. The summed E-state index contributed by atoms with van der Waals surface area (Å²) in [5.41, 5.74) is 4.65. The van der Waals surface area contributed by atoms with Crippen LogP contribution < -0.4 is 0 Å². The van der Waals surface area contributed by atoms with Crippen molar-refractivity contribution in [3.8, 4) is 0 Å². The summed E-state index contributed by atoms with van der Waals surface area (Å²) in [7, 11) is 1.42. The third-order valence-corrected chi connectivity index (χ3v) is 5.82. The smallest absolute Gasteiger partial charge is 0.309 e. The van der Waals surface area contributed by atoms with Crippen molar-refractivity contribution in [2.45, 2.75) is 53.9 Å². The van der Waals surface area contributed by atoms with E-state index in [9.17, 15) is 9.59 Å². The van der Waals surface area contributed by atoms with E-state index in [1.54, 1.807) is 0 Å². The van der Waals surface area contributed by atoms with Crippen LogP contribution in [0.1, 0.15) is 48.9 Å². The highest BCUT2D eigenvalue weighted by molar-refractivity contribution is 5.89. The van der Waals surface area contributed by atoms with Gasteiger partial charge in [0.25, 0.3) is 0 Å². The van der Waals surface area contributed by atoms with E-state index in [1.807, 2.05) is 0 Å². The van der Waals surface area contributed by atoms with Crippen LogP contribution in [0.2, 0.25) is 0 Å². The topological polar surface area (TPSA) is 43.4 Å². The second-order valence-electron chi connectivity index (χ2n) is 7.68. The monoisotopic (exact) mass is 330 g/mol. The minimum Gasteiger partial charge on any atom is -0.469 e. The van der Waals surface area contributed by atoms with Crippen molar-refractivity contribution in [2.24, 2.45) is 23.7 Å². The van der Waals surface area contributed by atoms with Gasteiger partial charge in [0.05, 0.1) is 13.0 Å². The molecule has 0 saturated heterocycles. The fraction of sp³-hybridized carbons (Fsp3) is 0.619. The van der Waals surface area contributed by atoms with Crippen LogP contribution >= 0.6 is 0 Å². The Kier molecular flexibility index (Phi) is 5.84. The van der Waals surface area contributed by atoms with Gasteiger partial charge >= 0.3 is 5.97 Å². The molecule has 0 heterocycles. The number of carbonyl (C=O) groups is 2. The predicted octanol–water partition coefficient (Wildman–Crippen LogP) is 4.19. The first-order valence-electron chi connectivity index (χ1n) is 8.91. The molecule has 3 heteroatoms. The van der Waals surface area contributed by atoms with E-state index in [1.165, 1.54) is 12.7 Å². The van der Waals surface area contributed by atoms with E-state index < -0.39 is 0 Å². The summed E-state index contributed by atoms with van der Waals surface area (Å²) in [6, 6.07) is 4.25. The van der Waals surface area contributed by atoms with E-state index in [4.69, 9.17) is 4.74 Å². The van der Waals surface area contributed by atoms with E-state index >= 15 is 0 Å². The van der Waals surface area contributed by atoms with Crippen molar-refractivity contribution in [2.75, 3.05) is 7.11 Å². The molecular formula is C21H30O3. The zero-order chi connectivity index (χ0) is 18.0. The number of hydrogen-bond donors (Lipinski definition) is 0. The van der Waals surface area contributed by atoms with E-state index in [0.29, 0.717) is 18.3 Å². The lowest BCUT2D eigenvalue weighted by atomic mass is 9.67. The minimum atomic E-state index is -0.292. The predicted molar refractivity (Wildman–Crippen MR) is 95.9 cm³/mol. The average molecular weight is 330 g/mol. The third-order valence-electron chi connectivity index (χ3n) is 5.82. The van der Waals surface area contributed by atoms with Crippen LogP contribution in [0.15, 0.2) is 12.1 Å². The Balaban J connectivity index is 2.24. The lowest BCUT2D eigenvalue weighted by Crippen LogP contribution is -2.39. The molecule has 1 aromatic rings. The van der Waals surface area contributed by atoms with E-state index in [2.05, 4.69) is 46.8 Å². The second kappa shape index (κ2) is 7.50. The lowest BCUT2D eigenvalue weighted by molar-refractivity contribution is -0.153.